The van der Waals surface area contributed by atoms with Gasteiger partial charge in [0.2, 0.25) is 0 Å². The first-order chi connectivity index (χ1) is 12.6. The predicted molar refractivity (Wildman–Crippen MR) is 112 cm³/mol. The van der Waals surface area contributed by atoms with Gasteiger partial charge < -0.3 is 5.32 Å². The van der Waals surface area contributed by atoms with Crippen LogP contribution in [0, 0.1) is 20.8 Å². The Morgan fingerprint density at radius 1 is 0.808 bits per heavy atom. The summed E-state index contributed by atoms with van der Waals surface area (Å²) in [6.45, 7) is 6.51. The van der Waals surface area contributed by atoms with Gasteiger partial charge in [-0.1, -0.05) is 43.5 Å². The molecule has 0 bridgehead atoms. The molecule has 2 nitrogen and oxygen atoms in total. The quantitative estimate of drug-likeness (QED) is 0.581. The van der Waals surface area contributed by atoms with Gasteiger partial charge in [-0.2, -0.15) is 0 Å². The number of fused-ring (bicyclic) bond motifs is 1. The molecule has 1 heterocycles. The molecule has 0 unspecified atom stereocenters. The maximum Gasteiger partial charge on any atom is 0.0723 e. The summed E-state index contributed by atoms with van der Waals surface area (Å²) in [4.78, 5) is 4.66. The first-order valence-corrected chi connectivity index (χ1v) is 9.85. The van der Waals surface area contributed by atoms with Crippen LogP contribution in [0.2, 0.25) is 0 Å². The van der Waals surface area contributed by atoms with Crippen molar-refractivity contribution in [3.05, 3.63) is 59.3 Å². The zero-order chi connectivity index (χ0) is 18.1. The highest BCUT2D eigenvalue weighted by Gasteiger charge is 2.16. The van der Waals surface area contributed by atoms with E-state index in [2.05, 4.69) is 67.5 Å². The van der Waals surface area contributed by atoms with Gasteiger partial charge in [-0.05, 0) is 73.6 Å². The predicted octanol–water partition coefficient (Wildman–Crippen LogP) is 6.57. The van der Waals surface area contributed by atoms with Gasteiger partial charge in [0.25, 0.3) is 0 Å². The van der Waals surface area contributed by atoms with E-state index in [1.165, 1.54) is 71.0 Å². The summed E-state index contributed by atoms with van der Waals surface area (Å²) >= 11 is 0. The second-order valence-electron chi connectivity index (χ2n) is 7.83. The monoisotopic (exact) mass is 344 g/mol. The van der Waals surface area contributed by atoms with Gasteiger partial charge in [0, 0.05) is 23.3 Å². The highest BCUT2D eigenvalue weighted by atomic mass is 14.9. The second-order valence-corrected chi connectivity index (χ2v) is 7.83. The molecule has 0 saturated heterocycles. The number of nitrogens with zero attached hydrogens (tertiary/aromatic N) is 1. The molecule has 0 radical (unpaired) electrons. The normalized spacial score (nSPS) is 15.3. The van der Waals surface area contributed by atoms with E-state index in [4.69, 9.17) is 0 Å². The molecule has 2 heteroatoms. The molecule has 4 rings (SSSR count). The highest BCUT2D eigenvalue weighted by molar-refractivity contribution is 5.95. The van der Waals surface area contributed by atoms with Crippen LogP contribution in [0.3, 0.4) is 0 Å². The molecule has 134 valence electrons. The summed E-state index contributed by atoms with van der Waals surface area (Å²) in [5.41, 5.74) is 8.80. The topological polar surface area (TPSA) is 24.9 Å². The lowest BCUT2D eigenvalue weighted by atomic mass is 9.94. The summed E-state index contributed by atoms with van der Waals surface area (Å²) in [7, 11) is 0. The number of nitrogens with one attached hydrogen (secondary N) is 1. The van der Waals surface area contributed by atoms with Crippen LogP contribution in [0.1, 0.15) is 48.8 Å². The maximum absolute atomic E-state index is 4.66. The fourth-order valence-corrected chi connectivity index (χ4v) is 4.04. The number of benzene rings is 2. The minimum absolute atomic E-state index is 0.596. The van der Waals surface area contributed by atoms with E-state index in [1.54, 1.807) is 0 Å². The van der Waals surface area contributed by atoms with E-state index in [9.17, 15) is 0 Å². The molecular formula is C24H28N2. The Morgan fingerprint density at radius 3 is 2.31 bits per heavy atom. The van der Waals surface area contributed by atoms with Crippen molar-refractivity contribution in [2.24, 2.45) is 0 Å². The molecule has 0 aliphatic heterocycles. The average Bonchev–Trinajstić information content (AvgIpc) is 2.67. The summed E-state index contributed by atoms with van der Waals surface area (Å²) in [6, 6.07) is 14.0. The van der Waals surface area contributed by atoms with Crippen LogP contribution in [0.5, 0.6) is 0 Å². The van der Waals surface area contributed by atoms with Crippen molar-refractivity contribution in [1.82, 2.24) is 4.98 Å². The smallest absolute Gasteiger partial charge is 0.0723 e. The van der Waals surface area contributed by atoms with Crippen molar-refractivity contribution < 1.29 is 0 Å². The van der Waals surface area contributed by atoms with E-state index >= 15 is 0 Å². The number of rotatable bonds is 3. The summed E-state index contributed by atoms with van der Waals surface area (Å²) < 4.78 is 0. The van der Waals surface area contributed by atoms with Gasteiger partial charge in [-0.15, -0.1) is 0 Å². The highest BCUT2D eigenvalue weighted by Crippen LogP contribution is 2.33. The van der Waals surface area contributed by atoms with Crippen molar-refractivity contribution in [3.63, 3.8) is 0 Å². The minimum atomic E-state index is 0.596. The van der Waals surface area contributed by atoms with Crippen molar-refractivity contribution in [3.8, 4) is 11.1 Å². The summed E-state index contributed by atoms with van der Waals surface area (Å²) in [5, 5.41) is 5.09. The Hall–Kier alpha value is -2.35. The fraction of sp³-hybridized carbons (Fsp3) is 0.375. The van der Waals surface area contributed by atoms with Crippen LogP contribution >= 0.6 is 0 Å². The van der Waals surface area contributed by atoms with Gasteiger partial charge in [-0.3, -0.25) is 4.98 Å². The van der Waals surface area contributed by atoms with E-state index in [-0.39, 0.29) is 0 Å². The first kappa shape index (κ1) is 17.1. The molecule has 0 atom stereocenters. The van der Waals surface area contributed by atoms with Crippen LogP contribution < -0.4 is 5.32 Å². The molecule has 1 aliphatic rings. The molecule has 1 fully saturated rings. The Labute approximate surface area is 156 Å². The van der Waals surface area contributed by atoms with Crippen LogP contribution in [0.4, 0.5) is 5.69 Å². The van der Waals surface area contributed by atoms with Gasteiger partial charge in [0.15, 0.2) is 0 Å². The van der Waals surface area contributed by atoms with Crippen molar-refractivity contribution in [2.45, 2.75) is 58.9 Å². The molecule has 1 aliphatic carbocycles. The van der Waals surface area contributed by atoms with Gasteiger partial charge in [0.05, 0.1) is 5.52 Å². The Kier molecular flexibility index (Phi) is 4.67. The third-order valence-electron chi connectivity index (χ3n) is 5.85. The van der Waals surface area contributed by atoms with Gasteiger partial charge in [-0.25, -0.2) is 0 Å². The standard InChI is InChI=1S/C24H28N2/c1-16-9-10-19(13-17(16)2)20-11-12-23-22(14-20)24(18(3)15-25-23)26-21-7-5-4-6-8-21/h9-15,21H,4-8H2,1-3H3,(H,25,26). The number of hydrogen-bond acceptors (Lipinski definition) is 2. The average molecular weight is 345 g/mol. The number of pyridine rings is 1. The van der Waals surface area contributed by atoms with Crippen molar-refractivity contribution >= 4 is 16.6 Å². The van der Waals surface area contributed by atoms with Crippen LogP contribution in [0.15, 0.2) is 42.6 Å². The summed E-state index contributed by atoms with van der Waals surface area (Å²) in [6.07, 6.45) is 8.62. The van der Waals surface area contributed by atoms with E-state index in [0.29, 0.717) is 6.04 Å². The summed E-state index contributed by atoms with van der Waals surface area (Å²) in [5.74, 6) is 0. The number of anilines is 1. The molecule has 26 heavy (non-hydrogen) atoms. The number of aromatic nitrogens is 1. The van der Waals surface area contributed by atoms with E-state index in [0.717, 1.165) is 5.52 Å². The Morgan fingerprint density at radius 2 is 1.54 bits per heavy atom. The lowest BCUT2D eigenvalue weighted by Crippen LogP contribution is -2.22. The van der Waals surface area contributed by atoms with Crippen molar-refractivity contribution in [2.75, 3.05) is 5.32 Å². The molecule has 2 aromatic carbocycles. The maximum atomic E-state index is 4.66. The molecular weight excluding hydrogens is 316 g/mol. The number of hydrogen-bond donors (Lipinski definition) is 1. The molecule has 0 amide bonds. The fourth-order valence-electron chi connectivity index (χ4n) is 4.04. The Balaban J connectivity index is 1.77. The second kappa shape index (κ2) is 7.11. The SMILES string of the molecule is Cc1ccc(-c2ccc3ncc(C)c(NC4CCCCC4)c3c2)cc1C. The zero-order valence-corrected chi connectivity index (χ0v) is 16.1. The largest absolute Gasteiger partial charge is 0.382 e. The molecule has 1 N–H and O–H groups in total. The van der Waals surface area contributed by atoms with Crippen LogP contribution in [-0.4, -0.2) is 11.0 Å². The minimum Gasteiger partial charge on any atom is -0.382 e. The molecule has 0 spiro atoms. The first-order valence-electron chi connectivity index (χ1n) is 9.85. The Bertz CT molecular complexity index is 936. The lowest BCUT2D eigenvalue weighted by Gasteiger charge is -2.25. The third kappa shape index (κ3) is 3.33. The van der Waals surface area contributed by atoms with Crippen molar-refractivity contribution in [1.29, 1.82) is 0 Å². The molecule has 1 saturated carbocycles. The van der Waals surface area contributed by atoms with E-state index < -0.39 is 0 Å². The lowest BCUT2D eigenvalue weighted by molar-refractivity contribution is 0.463. The van der Waals surface area contributed by atoms with Gasteiger partial charge in [0.1, 0.15) is 0 Å². The number of aryl methyl sites for hydroxylation is 3. The third-order valence-corrected chi connectivity index (χ3v) is 5.85. The molecule has 3 aromatic rings. The van der Waals surface area contributed by atoms with Crippen LogP contribution in [0.25, 0.3) is 22.0 Å². The van der Waals surface area contributed by atoms with E-state index in [1.807, 2.05) is 6.20 Å². The molecule has 1 aromatic heterocycles. The zero-order valence-electron chi connectivity index (χ0n) is 16.1. The van der Waals surface area contributed by atoms with Gasteiger partial charge >= 0.3 is 0 Å². The van der Waals surface area contributed by atoms with Crippen LogP contribution in [-0.2, 0) is 0 Å².